The van der Waals surface area contributed by atoms with Gasteiger partial charge in [-0.05, 0) is 56.3 Å². The third-order valence-electron chi connectivity index (χ3n) is 5.50. The maximum atomic E-state index is 13.5. The number of ether oxygens (including phenoxy) is 1. The van der Waals surface area contributed by atoms with Crippen molar-refractivity contribution in [3.05, 3.63) is 59.7 Å². The van der Waals surface area contributed by atoms with Gasteiger partial charge in [0.1, 0.15) is 34.9 Å². The van der Waals surface area contributed by atoms with Gasteiger partial charge in [-0.2, -0.15) is 0 Å². The highest BCUT2D eigenvalue weighted by atomic mass is 35.5. The van der Waals surface area contributed by atoms with Crippen LogP contribution in [-0.2, 0) is 4.79 Å². The lowest BCUT2D eigenvalue weighted by atomic mass is 10.1. The minimum Gasteiger partial charge on any atom is -0.494 e. The van der Waals surface area contributed by atoms with E-state index in [9.17, 15) is 9.18 Å². The fraction of sp³-hybridized carbons (Fsp3) is 0.292. The van der Waals surface area contributed by atoms with E-state index in [-0.39, 0.29) is 10.9 Å². The van der Waals surface area contributed by atoms with Crippen LogP contribution in [-0.4, -0.2) is 47.5 Å². The van der Waals surface area contributed by atoms with Gasteiger partial charge in [-0.3, -0.25) is 9.69 Å². The fourth-order valence-electron chi connectivity index (χ4n) is 3.83. The van der Waals surface area contributed by atoms with Gasteiger partial charge in [0, 0.05) is 23.7 Å². The molecular formula is C24H25ClFN5O2. The molecule has 2 N–H and O–H groups in total. The van der Waals surface area contributed by atoms with Crippen molar-refractivity contribution in [1.29, 1.82) is 0 Å². The third kappa shape index (κ3) is 5.58. The zero-order valence-corrected chi connectivity index (χ0v) is 19.0. The molecule has 1 saturated heterocycles. The third-order valence-corrected chi connectivity index (χ3v) is 5.79. The first-order valence-electron chi connectivity index (χ1n) is 10.8. The normalized spacial score (nSPS) is 14.5. The Labute approximate surface area is 196 Å². The number of carbonyl (C=O) groups excluding carboxylic acids is 1. The second-order valence-electron chi connectivity index (χ2n) is 7.77. The second-order valence-corrected chi connectivity index (χ2v) is 8.18. The molecule has 0 bridgehead atoms. The molecule has 33 heavy (non-hydrogen) atoms. The monoisotopic (exact) mass is 469 g/mol. The highest BCUT2D eigenvalue weighted by molar-refractivity contribution is 6.31. The summed E-state index contributed by atoms with van der Waals surface area (Å²) < 4.78 is 18.9. The van der Waals surface area contributed by atoms with E-state index in [4.69, 9.17) is 16.3 Å². The van der Waals surface area contributed by atoms with Gasteiger partial charge in [-0.1, -0.05) is 24.1 Å². The fourth-order valence-corrected chi connectivity index (χ4v) is 4.01. The molecule has 0 radical (unpaired) electrons. The number of benzene rings is 2. The molecule has 1 aliphatic heterocycles. The number of hydrogen-bond donors (Lipinski definition) is 2. The first-order chi connectivity index (χ1) is 16.0. The second kappa shape index (κ2) is 10.6. The van der Waals surface area contributed by atoms with Gasteiger partial charge < -0.3 is 15.4 Å². The van der Waals surface area contributed by atoms with Gasteiger partial charge in [0.15, 0.2) is 0 Å². The number of likely N-dealkylation sites (tertiary alicyclic amines) is 1. The van der Waals surface area contributed by atoms with Crippen molar-refractivity contribution < 1.29 is 13.9 Å². The lowest BCUT2D eigenvalue weighted by Gasteiger charge is -2.24. The number of methoxy groups -OCH3 is 1. The Hall–Kier alpha value is -3.23. The predicted molar refractivity (Wildman–Crippen MR) is 129 cm³/mol. The molecule has 0 saturated carbocycles. The van der Waals surface area contributed by atoms with Gasteiger partial charge in [0.2, 0.25) is 5.91 Å². The molecule has 9 heteroatoms. The average Bonchev–Trinajstić information content (AvgIpc) is 2.82. The van der Waals surface area contributed by atoms with Crippen LogP contribution in [0.2, 0.25) is 5.02 Å². The van der Waals surface area contributed by atoms with E-state index in [2.05, 4.69) is 25.5 Å². The standard InChI is InChI=1S/C24H25ClFN5O2/c1-33-20-10-8-17-22(23(20)30-21(32)6-5-13-31-11-3-2-4-12-31)27-15-28-24(17)29-16-7-9-19(26)18(25)14-16/h5-10,14-15H,2-4,11-13H2,1H3,(H,30,32)(H,27,28,29)/b6-5+. The van der Waals surface area contributed by atoms with E-state index >= 15 is 0 Å². The summed E-state index contributed by atoms with van der Waals surface area (Å²) in [6.45, 7) is 2.88. The first-order valence-corrected chi connectivity index (χ1v) is 11.2. The van der Waals surface area contributed by atoms with Crippen LogP contribution >= 0.6 is 11.6 Å². The highest BCUT2D eigenvalue weighted by Gasteiger charge is 2.15. The summed E-state index contributed by atoms with van der Waals surface area (Å²) in [6.07, 6.45) is 8.47. The summed E-state index contributed by atoms with van der Waals surface area (Å²) in [7, 11) is 1.53. The summed E-state index contributed by atoms with van der Waals surface area (Å²) in [5.74, 6) is 0.199. The molecule has 3 aromatic rings. The Balaban J connectivity index is 1.57. The number of hydrogen-bond acceptors (Lipinski definition) is 6. The van der Waals surface area contributed by atoms with Crippen molar-refractivity contribution in [1.82, 2.24) is 14.9 Å². The summed E-state index contributed by atoms with van der Waals surface area (Å²) in [4.78, 5) is 23.6. The topological polar surface area (TPSA) is 79.4 Å². The van der Waals surface area contributed by atoms with Crippen molar-refractivity contribution in [2.45, 2.75) is 19.3 Å². The smallest absolute Gasteiger partial charge is 0.248 e. The van der Waals surface area contributed by atoms with E-state index in [0.717, 1.165) is 19.6 Å². The van der Waals surface area contributed by atoms with Gasteiger partial charge in [0.25, 0.3) is 0 Å². The highest BCUT2D eigenvalue weighted by Crippen LogP contribution is 2.35. The summed E-state index contributed by atoms with van der Waals surface area (Å²) in [5.41, 5.74) is 1.53. The van der Waals surface area contributed by atoms with Crippen LogP contribution in [0.4, 0.5) is 21.6 Å². The maximum Gasteiger partial charge on any atom is 0.248 e. The molecule has 172 valence electrons. The quantitative estimate of drug-likeness (QED) is 0.465. The number of rotatable bonds is 7. The van der Waals surface area contributed by atoms with Crippen LogP contribution in [0.1, 0.15) is 19.3 Å². The van der Waals surface area contributed by atoms with Gasteiger partial charge in [0.05, 0.1) is 12.1 Å². The zero-order chi connectivity index (χ0) is 23.2. The minimum atomic E-state index is -0.502. The van der Waals surface area contributed by atoms with E-state index < -0.39 is 5.82 Å². The van der Waals surface area contributed by atoms with Crippen molar-refractivity contribution >= 4 is 45.6 Å². The van der Waals surface area contributed by atoms with Crippen molar-refractivity contribution in [2.75, 3.05) is 37.4 Å². The van der Waals surface area contributed by atoms with E-state index in [1.54, 1.807) is 18.2 Å². The summed E-state index contributed by atoms with van der Waals surface area (Å²) >= 11 is 5.89. The SMILES string of the molecule is COc1ccc2c(Nc3ccc(F)c(Cl)c3)ncnc2c1NC(=O)/C=C/CN1CCCCC1. The van der Waals surface area contributed by atoms with Crippen LogP contribution in [0.5, 0.6) is 5.75 Å². The molecule has 7 nitrogen and oxygen atoms in total. The van der Waals surface area contributed by atoms with Gasteiger partial charge >= 0.3 is 0 Å². The number of nitrogens with one attached hydrogen (secondary N) is 2. The van der Waals surface area contributed by atoms with Gasteiger partial charge in [-0.15, -0.1) is 0 Å². The number of halogens is 2. The van der Waals surface area contributed by atoms with Crippen molar-refractivity contribution in [3.63, 3.8) is 0 Å². The number of nitrogens with zero attached hydrogens (tertiary/aromatic N) is 3. The molecule has 2 aromatic carbocycles. The molecule has 0 atom stereocenters. The average molecular weight is 470 g/mol. The summed E-state index contributed by atoms with van der Waals surface area (Å²) in [6, 6.07) is 7.85. The molecular weight excluding hydrogens is 445 g/mol. The Kier molecular flexibility index (Phi) is 7.36. The lowest BCUT2D eigenvalue weighted by molar-refractivity contribution is -0.111. The maximum absolute atomic E-state index is 13.5. The predicted octanol–water partition coefficient (Wildman–Crippen LogP) is 5.16. The molecule has 0 aliphatic carbocycles. The molecule has 1 aliphatic rings. The Morgan fingerprint density at radius 3 is 2.79 bits per heavy atom. The van der Waals surface area contributed by atoms with Crippen LogP contribution in [0.15, 0.2) is 48.8 Å². The van der Waals surface area contributed by atoms with Crippen LogP contribution < -0.4 is 15.4 Å². The first kappa shape index (κ1) is 22.9. The molecule has 1 amide bonds. The van der Waals surface area contributed by atoms with E-state index in [1.807, 2.05) is 6.08 Å². The molecule has 4 rings (SSSR count). The van der Waals surface area contributed by atoms with Crippen molar-refractivity contribution in [2.24, 2.45) is 0 Å². The molecule has 1 aromatic heterocycles. The number of anilines is 3. The number of fused-ring (bicyclic) bond motifs is 1. The Bertz CT molecular complexity index is 1180. The Morgan fingerprint density at radius 2 is 2.03 bits per heavy atom. The summed E-state index contributed by atoms with van der Waals surface area (Å²) in [5, 5.41) is 6.68. The Morgan fingerprint density at radius 1 is 1.21 bits per heavy atom. The van der Waals surface area contributed by atoms with E-state index in [1.165, 1.54) is 50.9 Å². The van der Waals surface area contributed by atoms with Gasteiger partial charge in [-0.25, -0.2) is 14.4 Å². The molecule has 0 spiro atoms. The van der Waals surface area contributed by atoms with Crippen LogP contribution in [0.3, 0.4) is 0 Å². The number of aromatic nitrogens is 2. The number of amides is 1. The minimum absolute atomic E-state index is 0.00400. The molecule has 1 fully saturated rings. The molecule has 2 heterocycles. The van der Waals surface area contributed by atoms with Crippen LogP contribution in [0.25, 0.3) is 10.9 Å². The number of carbonyl (C=O) groups is 1. The van der Waals surface area contributed by atoms with Crippen molar-refractivity contribution in [3.8, 4) is 5.75 Å². The lowest BCUT2D eigenvalue weighted by Crippen LogP contribution is -2.29. The van der Waals surface area contributed by atoms with Crippen LogP contribution in [0, 0.1) is 5.82 Å². The molecule has 0 unspecified atom stereocenters. The number of piperidine rings is 1. The zero-order valence-electron chi connectivity index (χ0n) is 18.3. The largest absolute Gasteiger partial charge is 0.494 e. The van der Waals surface area contributed by atoms with E-state index in [0.29, 0.717) is 33.8 Å².